The average Bonchev–Trinajstić information content (AvgIpc) is 2.94. The summed E-state index contributed by atoms with van der Waals surface area (Å²) in [6.45, 7) is 9.49. The Morgan fingerprint density at radius 1 is 1.19 bits per heavy atom. The van der Waals surface area contributed by atoms with Crippen LogP contribution in [0.2, 0.25) is 0 Å². The molecule has 0 unspecified atom stereocenters. The van der Waals surface area contributed by atoms with E-state index in [1.54, 1.807) is 20.0 Å². The summed E-state index contributed by atoms with van der Waals surface area (Å²) in [5.74, 6) is -0.383. The number of amides is 1. The number of unbranched alkanes of at least 4 members (excludes halogenated alkanes) is 1. The van der Waals surface area contributed by atoms with E-state index in [0.29, 0.717) is 34.1 Å². The normalized spacial score (nSPS) is 11.8. The van der Waals surface area contributed by atoms with Crippen molar-refractivity contribution in [3.05, 3.63) is 39.9 Å². The number of sulfonamides is 1. The van der Waals surface area contributed by atoms with Crippen LogP contribution in [0.15, 0.2) is 23.2 Å². The summed E-state index contributed by atoms with van der Waals surface area (Å²) in [5, 5.41) is 3.17. The molecule has 1 heterocycles. The molecule has 6 nitrogen and oxygen atoms in total. The summed E-state index contributed by atoms with van der Waals surface area (Å²) >= 11 is 1.36. The zero-order chi connectivity index (χ0) is 20.2. The smallest absolute Gasteiger partial charge is 0.244 e. The molecule has 148 valence electrons. The first kappa shape index (κ1) is 21.5. The highest BCUT2D eigenvalue weighted by Gasteiger charge is 2.29. The number of carbonyl (C=O) groups is 1. The fraction of sp³-hybridized carbons (Fsp3) is 0.474. The number of nitrogens with zero attached hydrogens (tertiary/aromatic N) is 2. The fourth-order valence-electron chi connectivity index (χ4n) is 3.05. The Morgan fingerprint density at radius 3 is 2.33 bits per heavy atom. The van der Waals surface area contributed by atoms with Crippen LogP contribution in [0, 0.1) is 27.7 Å². The van der Waals surface area contributed by atoms with Gasteiger partial charge in [0.05, 0.1) is 11.4 Å². The van der Waals surface area contributed by atoms with Crippen molar-refractivity contribution < 1.29 is 13.2 Å². The highest BCUT2D eigenvalue weighted by atomic mass is 32.2. The minimum Gasteiger partial charge on any atom is -0.301 e. The second-order valence-corrected chi connectivity index (χ2v) is 9.85. The van der Waals surface area contributed by atoms with Crippen LogP contribution in [-0.2, 0) is 14.8 Å². The molecule has 1 aromatic heterocycles. The summed E-state index contributed by atoms with van der Waals surface area (Å²) in [6.07, 6.45) is 3.20. The van der Waals surface area contributed by atoms with Crippen LogP contribution in [0.5, 0.6) is 0 Å². The predicted octanol–water partition coefficient (Wildman–Crippen LogP) is 3.81. The van der Waals surface area contributed by atoms with Crippen molar-refractivity contribution in [3.8, 4) is 0 Å². The SMILES string of the molecule is CCCCN(CC(=O)Nc1ncc(C)s1)S(=O)(=O)c1c(C)cc(C)cc1C. The molecule has 0 aliphatic rings. The minimum absolute atomic E-state index is 0.228. The second-order valence-electron chi connectivity index (χ2n) is 6.74. The van der Waals surface area contributed by atoms with Crippen molar-refractivity contribution in [3.63, 3.8) is 0 Å². The average molecular weight is 410 g/mol. The maximum atomic E-state index is 13.3. The second kappa shape index (κ2) is 8.95. The van der Waals surface area contributed by atoms with Gasteiger partial charge in [-0.1, -0.05) is 31.0 Å². The molecule has 27 heavy (non-hydrogen) atoms. The summed E-state index contributed by atoms with van der Waals surface area (Å²) < 4.78 is 27.9. The van der Waals surface area contributed by atoms with Gasteiger partial charge in [-0.15, -0.1) is 11.3 Å². The van der Waals surface area contributed by atoms with Crippen molar-refractivity contribution in [1.82, 2.24) is 9.29 Å². The lowest BCUT2D eigenvalue weighted by Gasteiger charge is -2.23. The van der Waals surface area contributed by atoms with E-state index in [-0.39, 0.29) is 12.5 Å². The van der Waals surface area contributed by atoms with Crippen molar-refractivity contribution in [2.75, 3.05) is 18.4 Å². The Bertz CT molecular complexity index is 897. The van der Waals surface area contributed by atoms with Gasteiger partial charge in [0.2, 0.25) is 15.9 Å². The number of aromatic nitrogens is 1. The molecule has 0 spiro atoms. The third-order valence-electron chi connectivity index (χ3n) is 4.15. The van der Waals surface area contributed by atoms with Gasteiger partial charge in [-0.25, -0.2) is 13.4 Å². The molecular weight excluding hydrogens is 382 g/mol. The number of thiazole rings is 1. The molecule has 2 aromatic rings. The minimum atomic E-state index is -3.78. The molecule has 0 saturated carbocycles. The van der Waals surface area contributed by atoms with Gasteiger partial charge >= 0.3 is 0 Å². The molecule has 1 amide bonds. The molecule has 2 rings (SSSR count). The van der Waals surface area contributed by atoms with Crippen molar-refractivity contribution >= 4 is 32.4 Å². The van der Waals surface area contributed by atoms with Crippen LogP contribution in [0.1, 0.15) is 41.3 Å². The third kappa shape index (κ3) is 5.37. The molecule has 1 N–H and O–H groups in total. The van der Waals surface area contributed by atoms with E-state index in [1.165, 1.54) is 15.6 Å². The van der Waals surface area contributed by atoms with Crippen molar-refractivity contribution in [2.24, 2.45) is 0 Å². The van der Waals surface area contributed by atoms with Crippen LogP contribution in [0.3, 0.4) is 0 Å². The highest BCUT2D eigenvalue weighted by molar-refractivity contribution is 7.89. The number of carbonyl (C=O) groups excluding carboxylic acids is 1. The van der Waals surface area contributed by atoms with Gasteiger partial charge < -0.3 is 5.32 Å². The largest absolute Gasteiger partial charge is 0.301 e. The Hall–Kier alpha value is -1.77. The zero-order valence-corrected chi connectivity index (χ0v) is 18.1. The summed E-state index contributed by atoms with van der Waals surface area (Å²) in [6, 6.07) is 3.71. The van der Waals surface area contributed by atoms with E-state index in [1.807, 2.05) is 32.9 Å². The number of benzene rings is 1. The lowest BCUT2D eigenvalue weighted by Crippen LogP contribution is -2.39. The van der Waals surface area contributed by atoms with Gasteiger partial charge in [-0.2, -0.15) is 4.31 Å². The topological polar surface area (TPSA) is 79.4 Å². The fourth-order valence-corrected chi connectivity index (χ4v) is 5.58. The summed E-state index contributed by atoms with van der Waals surface area (Å²) in [4.78, 5) is 17.8. The number of aryl methyl sites for hydroxylation is 4. The Kier molecular flexibility index (Phi) is 7.13. The molecule has 0 fully saturated rings. The molecule has 0 radical (unpaired) electrons. The van der Waals surface area contributed by atoms with E-state index in [9.17, 15) is 13.2 Å². The van der Waals surface area contributed by atoms with Crippen LogP contribution < -0.4 is 5.32 Å². The van der Waals surface area contributed by atoms with E-state index >= 15 is 0 Å². The molecule has 0 atom stereocenters. The van der Waals surface area contributed by atoms with Crippen molar-refractivity contribution in [1.29, 1.82) is 0 Å². The lowest BCUT2D eigenvalue weighted by molar-refractivity contribution is -0.116. The van der Waals surface area contributed by atoms with Gasteiger partial charge in [-0.05, 0) is 45.2 Å². The first-order chi connectivity index (χ1) is 12.6. The number of rotatable bonds is 8. The quantitative estimate of drug-likeness (QED) is 0.719. The maximum absolute atomic E-state index is 13.3. The third-order valence-corrected chi connectivity index (χ3v) is 7.13. The Labute approximate surface area is 165 Å². The number of hydrogen-bond acceptors (Lipinski definition) is 5. The molecule has 0 aliphatic heterocycles. The standard InChI is InChI=1S/C19H27N3O3S2/c1-6-7-8-22(12-17(23)21-19-20-11-16(5)26-19)27(24,25)18-14(3)9-13(2)10-15(18)4/h9-11H,6-8,12H2,1-5H3,(H,20,21,23). The van der Waals surface area contributed by atoms with Gasteiger partial charge in [0.1, 0.15) is 0 Å². The first-order valence-corrected chi connectivity index (χ1v) is 11.2. The lowest BCUT2D eigenvalue weighted by atomic mass is 10.1. The summed E-state index contributed by atoms with van der Waals surface area (Å²) in [5.41, 5.74) is 2.41. The molecule has 0 saturated heterocycles. The van der Waals surface area contributed by atoms with Gasteiger partial charge in [0, 0.05) is 17.6 Å². The molecule has 1 aromatic carbocycles. The van der Waals surface area contributed by atoms with E-state index in [4.69, 9.17) is 0 Å². The first-order valence-electron chi connectivity index (χ1n) is 8.95. The number of nitrogens with one attached hydrogen (secondary N) is 1. The van der Waals surface area contributed by atoms with Crippen LogP contribution >= 0.6 is 11.3 Å². The van der Waals surface area contributed by atoms with Crippen LogP contribution in [0.25, 0.3) is 0 Å². The van der Waals surface area contributed by atoms with Crippen molar-refractivity contribution in [2.45, 2.75) is 52.4 Å². The van der Waals surface area contributed by atoms with Gasteiger partial charge in [-0.3, -0.25) is 4.79 Å². The Morgan fingerprint density at radius 2 is 1.81 bits per heavy atom. The predicted molar refractivity (Wildman–Crippen MR) is 110 cm³/mol. The summed E-state index contributed by atoms with van der Waals surface area (Å²) in [7, 11) is -3.78. The van der Waals surface area contributed by atoms with Gasteiger partial charge in [0.25, 0.3) is 0 Å². The molecule has 0 aliphatic carbocycles. The molecular formula is C19H27N3O3S2. The maximum Gasteiger partial charge on any atom is 0.244 e. The highest BCUT2D eigenvalue weighted by Crippen LogP contribution is 2.26. The molecule has 8 heteroatoms. The number of anilines is 1. The van der Waals surface area contributed by atoms with Gasteiger partial charge in [0.15, 0.2) is 5.13 Å². The van der Waals surface area contributed by atoms with E-state index in [2.05, 4.69) is 10.3 Å². The zero-order valence-electron chi connectivity index (χ0n) is 16.5. The number of hydrogen-bond donors (Lipinski definition) is 1. The Balaban J connectivity index is 2.30. The van der Waals surface area contributed by atoms with E-state index < -0.39 is 10.0 Å². The molecule has 0 bridgehead atoms. The van der Waals surface area contributed by atoms with Crippen LogP contribution in [0.4, 0.5) is 5.13 Å². The van der Waals surface area contributed by atoms with E-state index in [0.717, 1.165) is 16.9 Å². The van der Waals surface area contributed by atoms with Crippen LogP contribution in [-0.4, -0.2) is 36.7 Å². The monoisotopic (exact) mass is 409 g/mol.